The van der Waals surface area contributed by atoms with Crippen LogP contribution in [0.3, 0.4) is 0 Å². The maximum Gasteiger partial charge on any atom is 0.275 e. The van der Waals surface area contributed by atoms with Crippen LogP contribution < -0.4 is 18.9 Å². The van der Waals surface area contributed by atoms with Crippen LogP contribution in [-0.4, -0.2) is 51.3 Å². The summed E-state index contributed by atoms with van der Waals surface area (Å²) in [6.07, 6.45) is 1.57. The number of aromatic nitrogens is 6. The summed E-state index contributed by atoms with van der Waals surface area (Å²) in [5.41, 5.74) is 1.62. The zero-order valence-electron chi connectivity index (χ0n) is 16.2. The van der Waals surface area contributed by atoms with E-state index < -0.39 is 0 Å². The van der Waals surface area contributed by atoms with Crippen LogP contribution in [0.2, 0.25) is 0 Å². The average Bonchev–Trinajstić information content (AvgIpc) is 3.36. The van der Waals surface area contributed by atoms with Gasteiger partial charge in [-0.25, -0.2) is 0 Å². The van der Waals surface area contributed by atoms with Crippen LogP contribution in [0.5, 0.6) is 23.1 Å². The van der Waals surface area contributed by atoms with Gasteiger partial charge in [0.2, 0.25) is 5.82 Å². The predicted octanol–water partition coefficient (Wildman–Crippen LogP) is 2.09. The third-order valence-electron chi connectivity index (χ3n) is 4.09. The quantitative estimate of drug-likeness (QED) is 0.458. The summed E-state index contributed by atoms with van der Waals surface area (Å²) in [5.74, 6) is 2.82. The summed E-state index contributed by atoms with van der Waals surface area (Å²) in [4.78, 5) is 4.30. The fraction of sp³-hybridized carbons (Fsp3) is 0.278. The molecule has 0 saturated carbocycles. The lowest BCUT2D eigenvalue weighted by Crippen LogP contribution is -2.05. The molecule has 0 saturated heterocycles. The van der Waals surface area contributed by atoms with Crippen molar-refractivity contribution in [3.05, 3.63) is 35.9 Å². The van der Waals surface area contributed by atoms with Crippen LogP contribution in [0.15, 0.2) is 28.9 Å². The van der Waals surface area contributed by atoms with Crippen molar-refractivity contribution in [2.24, 2.45) is 0 Å². The van der Waals surface area contributed by atoms with Gasteiger partial charge in [0.05, 0.1) is 33.2 Å². The first-order chi connectivity index (χ1) is 14.1. The highest BCUT2D eigenvalue weighted by Crippen LogP contribution is 2.29. The van der Waals surface area contributed by atoms with Gasteiger partial charge >= 0.3 is 0 Å². The maximum absolute atomic E-state index is 5.85. The Kier molecular flexibility index (Phi) is 4.85. The molecule has 0 atom stereocenters. The maximum atomic E-state index is 5.85. The van der Waals surface area contributed by atoms with Gasteiger partial charge in [-0.3, -0.25) is 4.98 Å². The summed E-state index contributed by atoms with van der Waals surface area (Å²) < 4.78 is 28.3. The van der Waals surface area contributed by atoms with Gasteiger partial charge in [0, 0.05) is 18.2 Å². The van der Waals surface area contributed by atoms with Gasteiger partial charge in [-0.2, -0.15) is 4.52 Å². The first-order valence-corrected chi connectivity index (χ1v) is 8.56. The normalized spacial score (nSPS) is 10.9. The Morgan fingerprint density at radius 1 is 0.966 bits per heavy atom. The second kappa shape index (κ2) is 7.62. The fourth-order valence-corrected chi connectivity index (χ4v) is 2.68. The van der Waals surface area contributed by atoms with E-state index in [1.54, 1.807) is 45.5 Å². The molecule has 4 aromatic heterocycles. The van der Waals surface area contributed by atoms with E-state index in [4.69, 9.17) is 23.5 Å². The number of methoxy groups -OCH3 is 3. The minimum atomic E-state index is 0.135. The molecule has 0 amide bonds. The summed E-state index contributed by atoms with van der Waals surface area (Å²) in [7, 11) is 4.63. The van der Waals surface area contributed by atoms with Gasteiger partial charge in [0.1, 0.15) is 12.4 Å². The second-order valence-electron chi connectivity index (χ2n) is 5.95. The Morgan fingerprint density at radius 2 is 1.76 bits per heavy atom. The SMILES string of the molecule is COc1cnc(COc2nn3c(-c4cc(C)on4)nnc3cc2OC)cc1OC. The number of aryl methyl sites for hydroxylation is 1. The zero-order valence-corrected chi connectivity index (χ0v) is 16.2. The van der Waals surface area contributed by atoms with Crippen LogP contribution in [0.1, 0.15) is 11.5 Å². The third kappa shape index (κ3) is 3.49. The van der Waals surface area contributed by atoms with E-state index in [1.807, 2.05) is 0 Å². The van der Waals surface area contributed by atoms with Gasteiger partial charge in [0.25, 0.3) is 5.88 Å². The lowest BCUT2D eigenvalue weighted by atomic mass is 10.3. The molecule has 29 heavy (non-hydrogen) atoms. The van der Waals surface area contributed by atoms with E-state index in [9.17, 15) is 0 Å². The lowest BCUT2D eigenvalue weighted by molar-refractivity contribution is 0.263. The minimum absolute atomic E-state index is 0.135. The molecule has 0 bridgehead atoms. The average molecular weight is 398 g/mol. The van der Waals surface area contributed by atoms with Crippen LogP contribution in [0.25, 0.3) is 17.2 Å². The van der Waals surface area contributed by atoms with Crippen molar-refractivity contribution in [2.45, 2.75) is 13.5 Å². The molecule has 0 aliphatic heterocycles. The van der Waals surface area contributed by atoms with Crippen molar-refractivity contribution in [3.63, 3.8) is 0 Å². The van der Waals surface area contributed by atoms with Crippen LogP contribution in [0.4, 0.5) is 0 Å². The van der Waals surface area contributed by atoms with E-state index in [2.05, 4.69) is 25.4 Å². The number of rotatable bonds is 7. The highest BCUT2D eigenvalue weighted by Gasteiger charge is 2.18. The molecule has 0 aliphatic rings. The van der Waals surface area contributed by atoms with Crippen molar-refractivity contribution >= 4 is 5.65 Å². The summed E-state index contributed by atoms with van der Waals surface area (Å²) >= 11 is 0. The fourth-order valence-electron chi connectivity index (χ4n) is 2.68. The molecule has 150 valence electrons. The Hall–Kier alpha value is -3.89. The topological polar surface area (TPSA) is 119 Å². The van der Waals surface area contributed by atoms with Crippen molar-refractivity contribution < 1.29 is 23.5 Å². The molecule has 4 heterocycles. The molecule has 0 aliphatic carbocycles. The number of pyridine rings is 1. The molecule has 0 radical (unpaired) electrons. The Balaban J connectivity index is 1.66. The number of fused-ring (bicyclic) bond motifs is 1. The first kappa shape index (κ1) is 18.5. The Bertz CT molecular complexity index is 1160. The largest absolute Gasteiger partial charge is 0.493 e. The molecule has 0 spiro atoms. The summed E-state index contributed by atoms with van der Waals surface area (Å²) in [5, 5.41) is 16.7. The molecular weight excluding hydrogens is 380 g/mol. The molecule has 0 aromatic carbocycles. The van der Waals surface area contributed by atoms with Gasteiger partial charge in [0.15, 0.2) is 28.6 Å². The van der Waals surface area contributed by atoms with Gasteiger partial charge < -0.3 is 23.5 Å². The van der Waals surface area contributed by atoms with Gasteiger partial charge in [-0.05, 0) is 6.92 Å². The molecule has 11 nitrogen and oxygen atoms in total. The van der Waals surface area contributed by atoms with Crippen molar-refractivity contribution in [1.29, 1.82) is 0 Å². The third-order valence-corrected chi connectivity index (χ3v) is 4.09. The minimum Gasteiger partial charge on any atom is -0.493 e. The number of ether oxygens (including phenoxy) is 4. The Labute approximate surface area is 165 Å². The highest BCUT2D eigenvalue weighted by atomic mass is 16.5. The van der Waals surface area contributed by atoms with E-state index in [1.165, 1.54) is 11.6 Å². The smallest absolute Gasteiger partial charge is 0.275 e. The molecule has 11 heteroatoms. The van der Waals surface area contributed by atoms with Gasteiger partial charge in [-0.1, -0.05) is 5.16 Å². The molecular formula is C18H18N6O5. The molecule has 4 rings (SSSR count). The number of hydrogen-bond acceptors (Lipinski definition) is 10. The first-order valence-electron chi connectivity index (χ1n) is 8.56. The summed E-state index contributed by atoms with van der Waals surface area (Å²) in [6.45, 7) is 1.93. The van der Waals surface area contributed by atoms with E-state index >= 15 is 0 Å². The highest BCUT2D eigenvalue weighted by molar-refractivity contribution is 5.56. The number of nitrogens with zero attached hydrogens (tertiary/aromatic N) is 6. The van der Waals surface area contributed by atoms with E-state index in [0.717, 1.165) is 0 Å². The van der Waals surface area contributed by atoms with Crippen molar-refractivity contribution in [1.82, 2.24) is 30.0 Å². The molecule has 4 aromatic rings. The lowest BCUT2D eigenvalue weighted by Gasteiger charge is -2.11. The van der Waals surface area contributed by atoms with Gasteiger partial charge in [-0.15, -0.1) is 15.3 Å². The zero-order chi connectivity index (χ0) is 20.4. The van der Waals surface area contributed by atoms with E-state index in [-0.39, 0.29) is 12.5 Å². The number of hydrogen-bond donors (Lipinski definition) is 0. The Morgan fingerprint density at radius 3 is 2.45 bits per heavy atom. The van der Waals surface area contributed by atoms with Crippen molar-refractivity contribution in [3.8, 4) is 34.6 Å². The monoisotopic (exact) mass is 398 g/mol. The standard InChI is InChI=1S/C18H18N6O5/c1-10-5-12(23-29-10)17-21-20-16-7-14(26-3)18(22-24(16)17)28-9-11-6-13(25-2)15(27-4)8-19-11/h5-8H,9H2,1-4H3. The second-order valence-corrected chi connectivity index (χ2v) is 5.95. The van der Waals surface area contributed by atoms with Crippen LogP contribution in [-0.2, 0) is 6.61 Å². The van der Waals surface area contributed by atoms with Crippen molar-refractivity contribution in [2.75, 3.05) is 21.3 Å². The predicted molar refractivity (Wildman–Crippen MR) is 99.2 cm³/mol. The molecule has 0 unspecified atom stereocenters. The van der Waals surface area contributed by atoms with Crippen LogP contribution in [0, 0.1) is 6.92 Å². The van der Waals surface area contributed by atoms with Crippen LogP contribution >= 0.6 is 0 Å². The molecule has 0 N–H and O–H groups in total. The van der Waals surface area contributed by atoms with E-state index in [0.29, 0.717) is 45.9 Å². The summed E-state index contributed by atoms with van der Waals surface area (Å²) in [6, 6.07) is 5.15. The molecule has 0 fully saturated rings.